The van der Waals surface area contributed by atoms with Crippen LogP contribution >= 0.6 is 0 Å². The maximum absolute atomic E-state index is 10.3. The molecule has 1 aliphatic rings. The molecule has 1 saturated heterocycles. The maximum atomic E-state index is 10.3. The molecular formula is C8H16N2O. The number of nitroso groups, excluding NO2 is 1. The van der Waals surface area contributed by atoms with Gasteiger partial charge in [-0.25, -0.2) is 0 Å². The number of rotatable bonds is 3. The van der Waals surface area contributed by atoms with Gasteiger partial charge in [-0.15, -0.1) is 4.91 Å². The topological polar surface area (TPSA) is 32.7 Å². The van der Waals surface area contributed by atoms with E-state index in [1.165, 1.54) is 6.42 Å². The molecule has 1 fully saturated rings. The van der Waals surface area contributed by atoms with Crippen molar-refractivity contribution >= 4 is 0 Å². The highest BCUT2D eigenvalue weighted by molar-refractivity contribution is 4.73. The Morgan fingerprint density at radius 1 is 1.55 bits per heavy atom. The number of piperidine rings is 1. The average Bonchev–Trinajstić information content (AvgIpc) is 2.06. The smallest absolute Gasteiger partial charge is 0.0526 e. The van der Waals surface area contributed by atoms with Crippen molar-refractivity contribution in [2.45, 2.75) is 45.1 Å². The van der Waals surface area contributed by atoms with Gasteiger partial charge in [0, 0.05) is 6.54 Å². The summed E-state index contributed by atoms with van der Waals surface area (Å²) in [6, 6.07) is 0.436. The lowest BCUT2D eigenvalue weighted by molar-refractivity contribution is 0.143. The first kappa shape index (κ1) is 8.50. The Morgan fingerprint density at radius 3 is 3.00 bits per heavy atom. The molecule has 1 heterocycles. The molecule has 0 aromatic rings. The van der Waals surface area contributed by atoms with Crippen LogP contribution in [0.5, 0.6) is 0 Å². The second-order valence-electron chi connectivity index (χ2n) is 3.18. The first-order chi connectivity index (χ1) is 5.38. The Kier molecular flexibility index (Phi) is 3.33. The normalized spacial score (nSPS) is 25.2. The lowest BCUT2D eigenvalue weighted by Crippen LogP contribution is -2.34. The summed E-state index contributed by atoms with van der Waals surface area (Å²) in [5.41, 5.74) is 0. The first-order valence-electron chi connectivity index (χ1n) is 4.48. The van der Waals surface area contributed by atoms with Gasteiger partial charge < -0.3 is 0 Å². The summed E-state index contributed by atoms with van der Waals surface area (Å²) in [5.74, 6) is 0. The fraction of sp³-hybridized carbons (Fsp3) is 1.00. The quantitative estimate of drug-likeness (QED) is 0.587. The van der Waals surface area contributed by atoms with E-state index in [0.717, 1.165) is 32.2 Å². The van der Waals surface area contributed by atoms with E-state index in [1.807, 2.05) is 0 Å². The Morgan fingerprint density at radius 2 is 2.36 bits per heavy atom. The molecule has 0 aliphatic carbocycles. The van der Waals surface area contributed by atoms with Gasteiger partial charge in [-0.3, -0.25) is 5.01 Å². The Balaban J connectivity index is 2.37. The largest absolute Gasteiger partial charge is 0.258 e. The van der Waals surface area contributed by atoms with E-state index in [-0.39, 0.29) is 0 Å². The van der Waals surface area contributed by atoms with Crippen molar-refractivity contribution in [3.05, 3.63) is 4.91 Å². The molecule has 0 bridgehead atoms. The van der Waals surface area contributed by atoms with Crippen molar-refractivity contribution in [2.24, 2.45) is 5.29 Å². The summed E-state index contributed by atoms with van der Waals surface area (Å²) < 4.78 is 0. The highest BCUT2D eigenvalue weighted by Gasteiger charge is 2.20. The lowest BCUT2D eigenvalue weighted by atomic mass is 10.0. The van der Waals surface area contributed by atoms with Crippen molar-refractivity contribution in [1.29, 1.82) is 0 Å². The standard InChI is InChI=1S/C8H16N2O/c1-2-5-8-6-3-4-7-10(8)9-11/h8H,2-7H2,1H3/t8-/m0/s1. The third-order valence-corrected chi connectivity index (χ3v) is 2.32. The maximum Gasteiger partial charge on any atom is 0.0526 e. The van der Waals surface area contributed by atoms with Gasteiger partial charge in [0.25, 0.3) is 0 Å². The van der Waals surface area contributed by atoms with Crippen LogP contribution in [0, 0.1) is 4.91 Å². The summed E-state index contributed by atoms with van der Waals surface area (Å²) >= 11 is 0. The minimum absolute atomic E-state index is 0.436. The SMILES string of the molecule is CCC[C@H]1CCCCN1N=O. The fourth-order valence-corrected chi connectivity index (χ4v) is 1.72. The molecule has 64 valence electrons. The highest BCUT2D eigenvalue weighted by Crippen LogP contribution is 2.20. The van der Waals surface area contributed by atoms with Gasteiger partial charge in [-0.2, -0.15) is 0 Å². The molecule has 1 aliphatic heterocycles. The predicted molar refractivity (Wildman–Crippen MR) is 45.0 cm³/mol. The molecule has 0 radical (unpaired) electrons. The van der Waals surface area contributed by atoms with Gasteiger partial charge in [0.15, 0.2) is 0 Å². The molecule has 3 nitrogen and oxygen atoms in total. The molecule has 0 unspecified atom stereocenters. The van der Waals surface area contributed by atoms with Gasteiger partial charge in [0.1, 0.15) is 0 Å². The Labute approximate surface area is 67.7 Å². The van der Waals surface area contributed by atoms with E-state index in [1.54, 1.807) is 5.01 Å². The molecule has 11 heavy (non-hydrogen) atoms. The van der Waals surface area contributed by atoms with Crippen molar-refractivity contribution in [3.8, 4) is 0 Å². The van der Waals surface area contributed by atoms with Crippen LogP contribution < -0.4 is 0 Å². The van der Waals surface area contributed by atoms with Crippen molar-refractivity contribution in [3.63, 3.8) is 0 Å². The molecule has 3 heteroatoms. The minimum Gasteiger partial charge on any atom is -0.258 e. The van der Waals surface area contributed by atoms with Gasteiger partial charge in [0.2, 0.25) is 0 Å². The van der Waals surface area contributed by atoms with Crippen molar-refractivity contribution in [2.75, 3.05) is 6.54 Å². The second kappa shape index (κ2) is 4.31. The first-order valence-corrected chi connectivity index (χ1v) is 4.48. The summed E-state index contributed by atoms with van der Waals surface area (Å²) in [5, 5.41) is 4.75. The van der Waals surface area contributed by atoms with E-state index in [2.05, 4.69) is 12.2 Å². The van der Waals surface area contributed by atoms with Gasteiger partial charge in [-0.1, -0.05) is 13.3 Å². The molecule has 0 N–H and O–H groups in total. The molecule has 1 rings (SSSR count). The van der Waals surface area contributed by atoms with Crippen LogP contribution in [-0.2, 0) is 0 Å². The van der Waals surface area contributed by atoms with Crippen LogP contribution in [-0.4, -0.2) is 17.6 Å². The second-order valence-corrected chi connectivity index (χ2v) is 3.18. The van der Waals surface area contributed by atoms with Gasteiger partial charge >= 0.3 is 0 Å². The molecule has 1 atom stereocenters. The number of hydrogen-bond donors (Lipinski definition) is 0. The summed E-state index contributed by atoms with van der Waals surface area (Å²) in [6.07, 6.45) is 5.81. The van der Waals surface area contributed by atoms with Crippen LogP contribution in [0.3, 0.4) is 0 Å². The molecule has 0 amide bonds. The van der Waals surface area contributed by atoms with Crippen LogP contribution in [0.25, 0.3) is 0 Å². The monoisotopic (exact) mass is 156 g/mol. The highest BCUT2D eigenvalue weighted by atomic mass is 16.3. The van der Waals surface area contributed by atoms with Gasteiger partial charge in [0.05, 0.1) is 11.3 Å². The van der Waals surface area contributed by atoms with Crippen LogP contribution in [0.2, 0.25) is 0 Å². The Hall–Kier alpha value is -0.600. The lowest BCUT2D eigenvalue weighted by Gasteiger charge is -2.30. The molecule has 0 spiro atoms. The average molecular weight is 156 g/mol. The van der Waals surface area contributed by atoms with Crippen molar-refractivity contribution < 1.29 is 0 Å². The van der Waals surface area contributed by atoms with Crippen molar-refractivity contribution in [1.82, 2.24) is 5.01 Å². The van der Waals surface area contributed by atoms with Gasteiger partial charge in [-0.05, 0) is 25.7 Å². The summed E-state index contributed by atoms with van der Waals surface area (Å²) in [4.78, 5) is 10.3. The van der Waals surface area contributed by atoms with E-state index in [9.17, 15) is 4.91 Å². The predicted octanol–water partition coefficient (Wildman–Crippen LogP) is 2.32. The van der Waals surface area contributed by atoms with Crippen LogP contribution in [0.4, 0.5) is 0 Å². The molecule has 0 aromatic heterocycles. The number of hydrogen-bond acceptors (Lipinski definition) is 2. The zero-order valence-electron chi connectivity index (χ0n) is 7.12. The fourth-order valence-electron chi connectivity index (χ4n) is 1.72. The third-order valence-electron chi connectivity index (χ3n) is 2.32. The summed E-state index contributed by atoms with van der Waals surface area (Å²) in [6.45, 7) is 3.02. The zero-order chi connectivity index (χ0) is 8.10. The zero-order valence-corrected chi connectivity index (χ0v) is 7.12. The molecule has 0 aromatic carbocycles. The third kappa shape index (κ3) is 2.17. The van der Waals surface area contributed by atoms with E-state index >= 15 is 0 Å². The molecule has 0 saturated carbocycles. The van der Waals surface area contributed by atoms with Crippen LogP contribution in [0.1, 0.15) is 39.0 Å². The minimum atomic E-state index is 0.436. The van der Waals surface area contributed by atoms with E-state index in [4.69, 9.17) is 0 Å². The van der Waals surface area contributed by atoms with E-state index in [0.29, 0.717) is 6.04 Å². The Bertz CT molecular complexity index is 125. The van der Waals surface area contributed by atoms with Crippen LogP contribution in [0.15, 0.2) is 5.29 Å². The molecular weight excluding hydrogens is 140 g/mol. The summed E-state index contributed by atoms with van der Waals surface area (Å²) in [7, 11) is 0. The number of nitrogens with zero attached hydrogens (tertiary/aromatic N) is 2. The van der Waals surface area contributed by atoms with E-state index < -0.39 is 0 Å².